The Labute approximate surface area is 127 Å². The third kappa shape index (κ3) is 10.4. The van der Waals surface area contributed by atoms with Gasteiger partial charge in [-0.25, -0.2) is 0 Å². The van der Waals surface area contributed by atoms with Crippen molar-refractivity contribution in [2.75, 3.05) is 34.3 Å². The van der Waals surface area contributed by atoms with E-state index in [1.807, 2.05) is 28.1 Å². The quantitative estimate of drug-likeness (QED) is 0.285. The summed E-state index contributed by atoms with van der Waals surface area (Å²) < 4.78 is 16.6. The number of hydrogen-bond donors (Lipinski definition) is 3. The van der Waals surface area contributed by atoms with Crippen molar-refractivity contribution < 1.29 is 33.6 Å². The summed E-state index contributed by atoms with van der Waals surface area (Å²) in [6.45, 7) is 1.83. The van der Waals surface area contributed by atoms with E-state index in [0.29, 0.717) is 23.9 Å². The summed E-state index contributed by atoms with van der Waals surface area (Å²) in [5.41, 5.74) is -1.22. The van der Waals surface area contributed by atoms with Crippen LogP contribution in [0, 0.1) is 0 Å². The second kappa shape index (κ2) is 8.58. The Morgan fingerprint density at radius 1 is 1.33 bits per heavy atom. The minimum Gasteiger partial charge on any atom is -0.756 e. The van der Waals surface area contributed by atoms with Crippen LogP contribution in [0.3, 0.4) is 0 Å². The number of unbranched alkanes of at least 4 members (excludes halogenated alkanes) is 2. The normalized spacial score (nSPS) is 19.8. The molecular weight excluding hydrogens is 297 g/mol. The first kappa shape index (κ1) is 21.0. The summed E-state index contributed by atoms with van der Waals surface area (Å²) in [6.07, 6.45) is 1.82. The molecule has 0 saturated heterocycles. The zero-order chi connectivity index (χ0) is 16.7. The number of phosphoric ester groups is 1. The Morgan fingerprint density at radius 3 is 2.29 bits per heavy atom. The number of rotatable bonds is 11. The van der Waals surface area contributed by atoms with Crippen molar-refractivity contribution in [3.05, 3.63) is 0 Å². The van der Waals surface area contributed by atoms with Crippen LogP contribution in [-0.2, 0) is 9.09 Å². The molecule has 0 heterocycles. The number of hydrogen-bond acceptors (Lipinski definition) is 5. The zero-order valence-electron chi connectivity index (χ0n) is 13.5. The monoisotopic (exact) mass is 327 g/mol. The van der Waals surface area contributed by atoms with Gasteiger partial charge in [-0.2, -0.15) is 0 Å². The van der Waals surface area contributed by atoms with Crippen LogP contribution in [0.2, 0.25) is 0 Å². The van der Waals surface area contributed by atoms with Gasteiger partial charge in [-0.05, 0) is 6.42 Å². The van der Waals surface area contributed by atoms with Gasteiger partial charge in [-0.1, -0.05) is 26.2 Å². The standard InChI is InChI=1S/C13H30NO6P/c1-5-6-7-8-13(9-12(16)10-15,11-14(2,3)4)20-21(17,18)19/h12,15-16H,5-11H2,1-4H3,(H-,17,18,19). The third-order valence-corrected chi connectivity index (χ3v) is 3.74. The van der Waals surface area contributed by atoms with E-state index in [9.17, 15) is 14.6 Å². The molecule has 0 radical (unpaired) electrons. The number of aliphatic hydroxyl groups is 2. The predicted molar refractivity (Wildman–Crippen MR) is 78.4 cm³/mol. The first-order valence-corrected chi connectivity index (χ1v) is 8.76. The molecule has 128 valence electrons. The molecule has 0 saturated carbocycles. The molecule has 0 spiro atoms. The second-order valence-corrected chi connectivity index (χ2v) is 7.81. The average molecular weight is 327 g/mol. The summed E-state index contributed by atoms with van der Waals surface area (Å²) in [5, 5.41) is 18.8. The molecule has 0 fully saturated rings. The highest BCUT2D eigenvalue weighted by molar-refractivity contribution is 7.44. The van der Waals surface area contributed by atoms with E-state index >= 15 is 0 Å². The summed E-state index contributed by atoms with van der Waals surface area (Å²) >= 11 is 0. The lowest BCUT2D eigenvalue weighted by molar-refractivity contribution is -0.877. The first-order chi connectivity index (χ1) is 9.43. The number of quaternary nitrogens is 1. The number of aliphatic hydroxyl groups excluding tert-OH is 2. The molecule has 0 aromatic carbocycles. The molecule has 0 aromatic heterocycles. The van der Waals surface area contributed by atoms with Crippen LogP contribution in [-0.4, -0.2) is 65.6 Å². The number of nitrogens with zero attached hydrogens (tertiary/aromatic N) is 1. The molecule has 3 atom stereocenters. The van der Waals surface area contributed by atoms with E-state index in [0.717, 1.165) is 12.8 Å². The van der Waals surface area contributed by atoms with Crippen molar-refractivity contribution in [2.24, 2.45) is 0 Å². The Kier molecular flexibility index (Phi) is 8.57. The molecule has 0 rings (SSSR count). The van der Waals surface area contributed by atoms with E-state index in [4.69, 9.17) is 14.5 Å². The number of phosphoric acid groups is 1. The van der Waals surface area contributed by atoms with Crippen molar-refractivity contribution in [1.82, 2.24) is 0 Å². The molecule has 0 amide bonds. The van der Waals surface area contributed by atoms with Crippen molar-refractivity contribution in [3.63, 3.8) is 0 Å². The fourth-order valence-electron chi connectivity index (χ4n) is 2.66. The second-order valence-electron chi connectivity index (χ2n) is 6.69. The van der Waals surface area contributed by atoms with E-state index in [2.05, 4.69) is 0 Å². The minimum absolute atomic E-state index is 0.0461. The maximum Gasteiger partial charge on any atom is 0.266 e. The fraction of sp³-hybridized carbons (Fsp3) is 1.00. The molecular formula is C13H30NO6P. The maximum absolute atomic E-state index is 11.2. The van der Waals surface area contributed by atoms with Gasteiger partial charge in [-0.3, -0.25) is 4.57 Å². The lowest BCUT2D eigenvalue weighted by Crippen LogP contribution is -2.52. The minimum atomic E-state index is -4.94. The van der Waals surface area contributed by atoms with Crippen LogP contribution < -0.4 is 4.89 Å². The van der Waals surface area contributed by atoms with Crippen LogP contribution in [0.5, 0.6) is 0 Å². The molecule has 0 aliphatic carbocycles. The molecule has 21 heavy (non-hydrogen) atoms. The molecule has 0 aliphatic heterocycles. The molecule has 8 heteroatoms. The van der Waals surface area contributed by atoms with Gasteiger partial charge >= 0.3 is 0 Å². The Hall–Kier alpha value is -0.0100. The van der Waals surface area contributed by atoms with Gasteiger partial charge in [0.1, 0.15) is 12.1 Å². The summed E-state index contributed by atoms with van der Waals surface area (Å²) in [7, 11) is 0.673. The zero-order valence-corrected chi connectivity index (χ0v) is 14.4. The summed E-state index contributed by atoms with van der Waals surface area (Å²) in [6, 6.07) is 0. The van der Waals surface area contributed by atoms with E-state index in [1.165, 1.54) is 0 Å². The van der Waals surface area contributed by atoms with Gasteiger partial charge in [0, 0.05) is 6.42 Å². The molecule has 7 nitrogen and oxygen atoms in total. The van der Waals surface area contributed by atoms with Gasteiger partial charge in [0.2, 0.25) is 0 Å². The van der Waals surface area contributed by atoms with Crippen LogP contribution in [0.4, 0.5) is 0 Å². The molecule has 0 aromatic rings. The van der Waals surface area contributed by atoms with Crippen molar-refractivity contribution >= 4 is 7.82 Å². The van der Waals surface area contributed by atoms with Gasteiger partial charge < -0.3 is 29.0 Å². The van der Waals surface area contributed by atoms with Crippen molar-refractivity contribution in [2.45, 2.75) is 50.7 Å². The first-order valence-electron chi connectivity index (χ1n) is 7.27. The topological polar surface area (TPSA) is 110 Å². The highest BCUT2D eigenvalue weighted by Gasteiger charge is 2.41. The molecule has 3 unspecified atom stereocenters. The summed E-state index contributed by atoms with van der Waals surface area (Å²) in [5.74, 6) is 0. The van der Waals surface area contributed by atoms with Gasteiger partial charge in [0.05, 0.1) is 33.9 Å². The van der Waals surface area contributed by atoms with Crippen LogP contribution in [0.1, 0.15) is 39.0 Å². The lowest BCUT2D eigenvalue weighted by atomic mass is 9.89. The lowest BCUT2D eigenvalue weighted by Gasteiger charge is -2.42. The Balaban J connectivity index is 5.30. The SMILES string of the molecule is CCCCCC(CC(O)CO)(C[N+](C)(C)C)OP(=O)([O-])O. The van der Waals surface area contributed by atoms with Crippen molar-refractivity contribution in [1.29, 1.82) is 0 Å². The predicted octanol–water partition coefficient (Wildman–Crippen LogP) is 0.232. The fourth-order valence-corrected chi connectivity index (χ4v) is 3.37. The maximum atomic E-state index is 11.2. The molecule has 0 aliphatic rings. The molecule has 3 N–H and O–H groups in total. The van der Waals surface area contributed by atoms with E-state index in [-0.39, 0.29) is 6.42 Å². The smallest absolute Gasteiger partial charge is 0.266 e. The average Bonchev–Trinajstić information content (AvgIpc) is 2.24. The Bertz CT molecular complexity index is 340. The summed E-state index contributed by atoms with van der Waals surface area (Å²) in [4.78, 5) is 20.4. The highest BCUT2D eigenvalue weighted by Crippen LogP contribution is 2.42. The van der Waals surface area contributed by atoms with Gasteiger partial charge in [-0.15, -0.1) is 0 Å². The number of likely N-dealkylation sites (N-methyl/N-ethyl adjacent to an activating group) is 1. The van der Waals surface area contributed by atoms with Crippen LogP contribution in [0.15, 0.2) is 0 Å². The van der Waals surface area contributed by atoms with Gasteiger partial charge in [0.25, 0.3) is 7.82 Å². The largest absolute Gasteiger partial charge is 0.756 e. The van der Waals surface area contributed by atoms with Crippen molar-refractivity contribution in [3.8, 4) is 0 Å². The van der Waals surface area contributed by atoms with E-state index < -0.39 is 26.1 Å². The third-order valence-electron chi connectivity index (χ3n) is 3.13. The van der Waals surface area contributed by atoms with E-state index in [1.54, 1.807) is 0 Å². The van der Waals surface area contributed by atoms with Crippen LogP contribution in [0.25, 0.3) is 0 Å². The van der Waals surface area contributed by atoms with Crippen LogP contribution >= 0.6 is 7.82 Å². The highest BCUT2D eigenvalue weighted by atomic mass is 31.2. The van der Waals surface area contributed by atoms with Gasteiger partial charge in [0.15, 0.2) is 0 Å². The molecule has 0 bridgehead atoms. The Morgan fingerprint density at radius 2 is 1.90 bits per heavy atom.